The van der Waals surface area contributed by atoms with E-state index in [-0.39, 0.29) is 28.8 Å². The Hall–Kier alpha value is -3.29. The van der Waals surface area contributed by atoms with E-state index in [1.54, 1.807) is 4.90 Å². The molecule has 2 aromatic carbocycles. The standard InChI is InChI=1S/C26H25Cl2N3O4/c1-15-11-16(2)30-24(34-14-17-7-5-4-6-8-17)19(15)13-31-10-9-18-20(27)12-21(35-26(33)29-3)23(28)22(18)25(31)32/h4-8,11-12H,9-10,13-14H2,1-3H3,(H,29,33). The summed E-state index contributed by atoms with van der Waals surface area (Å²) in [7, 11) is 1.43. The minimum atomic E-state index is -0.704. The van der Waals surface area contributed by atoms with E-state index in [0.717, 1.165) is 22.4 Å². The van der Waals surface area contributed by atoms with Gasteiger partial charge in [-0.1, -0.05) is 53.5 Å². The van der Waals surface area contributed by atoms with E-state index in [9.17, 15) is 9.59 Å². The van der Waals surface area contributed by atoms with Crippen LogP contribution in [-0.4, -0.2) is 35.5 Å². The Bertz CT molecular complexity index is 1280. The minimum absolute atomic E-state index is 0.0324. The first-order valence-corrected chi connectivity index (χ1v) is 11.9. The van der Waals surface area contributed by atoms with Crippen molar-refractivity contribution < 1.29 is 19.1 Å². The van der Waals surface area contributed by atoms with Gasteiger partial charge in [0.25, 0.3) is 5.91 Å². The van der Waals surface area contributed by atoms with Crippen LogP contribution in [0.15, 0.2) is 42.5 Å². The van der Waals surface area contributed by atoms with Gasteiger partial charge in [-0.2, -0.15) is 0 Å². The van der Waals surface area contributed by atoms with Crippen molar-refractivity contribution >= 4 is 35.2 Å². The number of nitrogens with one attached hydrogen (secondary N) is 1. The van der Waals surface area contributed by atoms with E-state index in [1.807, 2.05) is 50.2 Å². The molecule has 1 N–H and O–H groups in total. The van der Waals surface area contributed by atoms with Crippen LogP contribution in [0, 0.1) is 13.8 Å². The van der Waals surface area contributed by atoms with E-state index in [4.69, 9.17) is 32.7 Å². The number of hydrogen-bond acceptors (Lipinski definition) is 5. The number of pyridine rings is 1. The normalized spacial score (nSPS) is 12.8. The number of ether oxygens (including phenoxy) is 2. The molecule has 0 bridgehead atoms. The number of amides is 2. The summed E-state index contributed by atoms with van der Waals surface area (Å²) in [4.78, 5) is 31.5. The van der Waals surface area contributed by atoms with Crippen molar-refractivity contribution in [2.45, 2.75) is 33.4 Å². The van der Waals surface area contributed by atoms with Crippen molar-refractivity contribution in [1.82, 2.24) is 15.2 Å². The second kappa shape index (κ2) is 10.5. The highest BCUT2D eigenvalue weighted by Gasteiger charge is 2.32. The van der Waals surface area contributed by atoms with Crippen LogP contribution in [0.3, 0.4) is 0 Å². The maximum atomic E-state index is 13.5. The van der Waals surface area contributed by atoms with Gasteiger partial charge in [0.1, 0.15) is 6.61 Å². The lowest BCUT2D eigenvalue weighted by Crippen LogP contribution is -2.38. The molecule has 0 atom stereocenters. The van der Waals surface area contributed by atoms with Crippen LogP contribution in [0.25, 0.3) is 0 Å². The highest BCUT2D eigenvalue weighted by atomic mass is 35.5. The van der Waals surface area contributed by atoms with E-state index in [0.29, 0.717) is 36.0 Å². The third kappa shape index (κ3) is 5.36. The molecule has 1 aliphatic rings. The van der Waals surface area contributed by atoms with Crippen molar-refractivity contribution in [2.24, 2.45) is 0 Å². The van der Waals surface area contributed by atoms with E-state index < -0.39 is 6.09 Å². The molecular formula is C26H25Cl2N3O4. The summed E-state index contributed by atoms with van der Waals surface area (Å²) in [6, 6.07) is 13.3. The van der Waals surface area contributed by atoms with Crippen molar-refractivity contribution in [3.63, 3.8) is 0 Å². The monoisotopic (exact) mass is 513 g/mol. The topological polar surface area (TPSA) is 80.8 Å². The Morgan fingerprint density at radius 2 is 1.91 bits per heavy atom. The Morgan fingerprint density at radius 3 is 2.63 bits per heavy atom. The molecule has 2 amide bonds. The van der Waals surface area contributed by atoms with Gasteiger partial charge in [-0.3, -0.25) is 4.79 Å². The first kappa shape index (κ1) is 24.8. The second-order valence-corrected chi connectivity index (χ2v) is 9.06. The molecule has 0 radical (unpaired) electrons. The van der Waals surface area contributed by atoms with Gasteiger partial charge in [-0.05, 0) is 43.0 Å². The maximum Gasteiger partial charge on any atom is 0.412 e. The number of carbonyl (C=O) groups excluding carboxylic acids is 2. The molecule has 0 saturated carbocycles. The van der Waals surface area contributed by atoms with E-state index in [1.165, 1.54) is 13.1 Å². The average Bonchev–Trinajstić information content (AvgIpc) is 2.84. The number of benzene rings is 2. The highest BCUT2D eigenvalue weighted by Crippen LogP contribution is 2.39. The van der Waals surface area contributed by atoms with Gasteiger partial charge in [0.15, 0.2) is 5.75 Å². The lowest BCUT2D eigenvalue weighted by Gasteiger charge is -2.31. The molecule has 4 rings (SSSR count). The summed E-state index contributed by atoms with van der Waals surface area (Å²) in [6.45, 7) is 4.98. The molecule has 7 nitrogen and oxygen atoms in total. The zero-order chi connectivity index (χ0) is 25.1. The van der Waals surface area contributed by atoms with Crippen molar-refractivity contribution in [3.05, 3.63) is 86.0 Å². The molecule has 0 unspecified atom stereocenters. The van der Waals surface area contributed by atoms with Crippen LogP contribution < -0.4 is 14.8 Å². The molecule has 9 heteroatoms. The molecule has 182 valence electrons. The number of hydrogen-bond donors (Lipinski definition) is 1. The molecule has 0 spiro atoms. The number of aryl methyl sites for hydroxylation is 2. The largest absolute Gasteiger partial charge is 0.473 e. The zero-order valence-corrected chi connectivity index (χ0v) is 21.2. The van der Waals surface area contributed by atoms with Crippen LogP contribution in [-0.2, 0) is 19.6 Å². The van der Waals surface area contributed by atoms with Gasteiger partial charge in [-0.15, -0.1) is 0 Å². The van der Waals surface area contributed by atoms with Gasteiger partial charge >= 0.3 is 6.09 Å². The van der Waals surface area contributed by atoms with Crippen LogP contribution in [0.1, 0.15) is 38.3 Å². The summed E-state index contributed by atoms with van der Waals surface area (Å²) in [5, 5.41) is 2.74. The van der Waals surface area contributed by atoms with Gasteiger partial charge in [-0.25, -0.2) is 9.78 Å². The van der Waals surface area contributed by atoms with Gasteiger partial charge < -0.3 is 19.7 Å². The Balaban J connectivity index is 1.63. The summed E-state index contributed by atoms with van der Waals surface area (Å²) >= 11 is 12.9. The molecule has 35 heavy (non-hydrogen) atoms. The summed E-state index contributed by atoms with van der Waals surface area (Å²) in [5.74, 6) is 0.227. The minimum Gasteiger partial charge on any atom is -0.473 e. The molecule has 3 aromatic rings. The molecule has 0 saturated heterocycles. The average molecular weight is 514 g/mol. The summed E-state index contributed by atoms with van der Waals surface area (Å²) in [5.41, 5.74) is 4.53. The quantitative estimate of drug-likeness (QED) is 0.470. The van der Waals surface area contributed by atoms with Crippen molar-refractivity contribution in [2.75, 3.05) is 13.6 Å². The number of rotatable bonds is 6. The number of aromatic nitrogens is 1. The van der Waals surface area contributed by atoms with Crippen LogP contribution >= 0.6 is 23.2 Å². The lowest BCUT2D eigenvalue weighted by atomic mass is 9.97. The second-order valence-electron chi connectivity index (χ2n) is 8.28. The predicted octanol–water partition coefficient (Wildman–Crippen LogP) is 5.50. The van der Waals surface area contributed by atoms with Crippen LogP contribution in [0.4, 0.5) is 4.79 Å². The first-order valence-electron chi connectivity index (χ1n) is 11.1. The Morgan fingerprint density at radius 1 is 1.17 bits per heavy atom. The Labute approximate surface area is 214 Å². The lowest BCUT2D eigenvalue weighted by molar-refractivity contribution is 0.0724. The molecular weight excluding hydrogens is 489 g/mol. The smallest absolute Gasteiger partial charge is 0.412 e. The number of fused-ring (bicyclic) bond motifs is 1. The predicted molar refractivity (Wildman–Crippen MR) is 134 cm³/mol. The Kier molecular flexibility index (Phi) is 7.48. The highest BCUT2D eigenvalue weighted by molar-refractivity contribution is 6.38. The first-order chi connectivity index (χ1) is 16.8. The molecule has 1 aromatic heterocycles. The molecule has 0 aliphatic carbocycles. The van der Waals surface area contributed by atoms with Crippen molar-refractivity contribution in [1.29, 1.82) is 0 Å². The third-order valence-electron chi connectivity index (χ3n) is 5.83. The molecule has 1 aliphatic heterocycles. The molecule has 2 heterocycles. The summed E-state index contributed by atoms with van der Waals surface area (Å²) < 4.78 is 11.3. The van der Waals surface area contributed by atoms with Crippen LogP contribution in [0.5, 0.6) is 11.6 Å². The van der Waals surface area contributed by atoms with Crippen LogP contribution in [0.2, 0.25) is 10.0 Å². The van der Waals surface area contributed by atoms with E-state index >= 15 is 0 Å². The summed E-state index contributed by atoms with van der Waals surface area (Å²) in [6.07, 6.45) is -0.192. The SMILES string of the molecule is CNC(=O)Oc1cc(Cl)c2c(c1Cl)C(=O)N(Cc1c(C)cc(C)nc1OCc1ccccc1)CC2. The number of halogens is 2. The van der Waals surface area contributed by atoms with Crippen molar-refractivity contribution in [3.8, 4) is 11.6 Å². The maximum absolute atomic E-state index is 13.5. The molecule has 0 fully saturated rings. The van der Waals surface area contributed by atoms with Gasteiger partial charge in [0, 0.05) is 35.9 Å². The fraction of sp³-hybridized carbons (Fsp3) is 0.269. The van der Waals surface area contributed by atoms with Gasteiger partial charge in [0.05, 0.1) is 17.1 Å². The van der Waals surface area contributed by atoms with E-state index in [2.05, 4.69) is 10.3 Å². The van der Waals surface area contributed by atoms with Gasteiger partial charge in [0.2, 0.25) is 5.88 Å². The number of nitrogens with zero attached hydrogens (tertiary/aromatic N) is 2. The zero-order valence-electron chi connectivity index (χ0n) is 19.7. The number of carbonyl (C=O) groups is 2. The third-order valence-corrected chi connectivity index (χ3v) is 6.54. The fourth-order valence-corrected chi connectivity index (χ4v) is 4.62. The fourth-order valence-electron chi connectivity index (χ4n) is 4.05.